The molecule has 1 amide bonds. The van der Waals surface area contributed by atoms with Crippen LogP contribution in [0.4, 0.5) is 22.9 Å². The summed E-state index contributed by atoms with van der Waals surface area (Å²) < 4.78 is 6.33. The Kier molecular flexibility index (Phi) is 6.02. The molecule has 2 aromatic carbocycles. The predicted molar refractivity (Wildman–Crippen MR) is 117 cm³/mol. The molecule has 148 valence electrons. The summed E-state index contributed by atoms with van der Waals surface area (Å²) in [5.74, 6) is 0.517. The van der Waals surface area contributed by atoms with Crippen LogP contribution in [0.2, 0.25) is 0 Å². The van der Waals surface area contributed by atoms with Crippen LogP contribution in [0.5, 0.6) is 0 Å². The summed E-state index contributed by atoms with van der Waals surface area (Å²) in [4.78, 5) is 14.5. The predicted octanol–water partition coefficient (Wildman–Crippen LogP) is 4.07. The number of morpholine rings is 1. The minimum Gasteiger partial charge on any atom is -0.378 e. The Hall–Kier alpha value is -2.97. The Morgan fingerprint density at radius 3 is 2.41 bits per heavy atom. The molecule has 3 aromatic rings. The molecular formula is C21H20BrN5O2. The number of nitrogens with one attached hydrogen (secondary N) is 2. The molecule has 1 fully saturated rings. The van der Waals surface area contributed by atoms with Crippen molar-refractivity contribution in [2.75, 3.05) is 41.8 Å². The van der Waals surface area contributed by atoms with Crippen molar-refractivity contribution >= 4 is 44.7 Å². The van der Waals surface area contributed by atoms with E-state index in [2.05, 4.69) is 41.7 Å². The maximum atomic E-state index is 12.3. The molecule has 0 atom stereocenters. The van der Waals surface area contributed by atoms with Gasteiger partial charge in [-0.3, -0.25) is 4.79 Å². The number of carbonyl (C=O) groups is 1. The highest BCUT2D eigenvalue weighted by Gasteiger charge is 2.12. The van der Waals surface area contributed by atoms with Gasteiger partial charge in [0, 0.05) is 40.6 Å². The van der Waals surface area contributed by atoms with Gasteiger partial charge in [-0.1, -0.05) is 15.9 Å². The topological polar surface area (TPSA) is 79.4 Å². The van der Waals surface area contributed by atoms with Gasteiger partial charge in [0.2, 0.25) is 0 Å². The van der Waals surface area contributed by atoms with Crippen LogP contribution in [0, 0.1) is 0 Å². The van der Waals surface area contributed by atoms with Crippen LogP contribution in [-0.4, -0.2) is 42.4 Å². The van der Waals surface area contributed by atoms with Crippen LogP contribution in [-0.2, 0) is 4.74 Å². The van der Waals surface area contributed by atoms with Crippen molar-refractivity contribution in [1.82, 2.24) is 10.2 Å². The summed E-state index contributed by atoms with van der Waals surface area (Å²) in [5, 5.41) is 14.4. The lowest BCUT2D eigenvalue weighted by Crippen LogP contribution is -2.36. The maximum Gasteiger partial charge on any atom is 0.255 e. The van der Waals surface area contributed by atoms with Gasteiger partial charge in [0.05, 0.1) is 25.1 Å². The van der Waals surface area contributed by atoms with E-state index in [1.165, 1.54) is 0 Å². The number of anilines is 4. The number of aromatic nitrogens is 2. The molecule has 1 saturated heterocycles. The molecule has 29 heavy (non-hydrogen) atoms. The highest BCUT2D eigenvalue weighted by Crippen LogP contribution is 2.22. The number of hydrogen-bond acceptors (Lipinski definition) is 6. The molecule has 1 aliphatic heterocycles. The van der Waals surface area contributed by atoms with Gasteiger partial charge in [0.15, 0.2) is 5.82 Å². The third kappa shape index (κ3) is 5.10. The van der Waals surface area contributed by atoms with Gasteiger partial charge in [-0.05, 0) is 48.5 Å². The SMILES string of the molecule is O=C(Nc1ccc(Nc2cc(N3CCOCC3)cnn2)cc1)c1ccc(Br)cc1. The minimum absolute atomic E-state index is 0.151. The van der Waals surface area contributed by atoms with E-state index in [1.807, 2.05) is 42.5 Å². The second-order valence-electron chi connectivity index (χ2n) is 6.56. The molecule has 1 aliphatic rings. The maximum absolute atomic E-state index is 12.3. The number of benzene rings is 2. The third-order valence-corrected chi connectivity index (χ3v) is 5.07. The lowest BCUT2D eigenvalue weighted by molar-refractivity contribution is 0.102. The average molecular weight is 454 g/mol. The summed E-state index contributed by atoms with van der Waals surface area (Å²) in [6.45, 7) is 3.13. The van der Waals surface area contributed by atoms with Gasteiger partial charge >= 0.3 is 0 Å². The number of ether oxygens (including phenoxy) is 1. The zero-order valence-corrected chi connectivity index (χ0v) is 17.2. The van der Waals surface area contributed by atoms with Crippen molar-refractivity contribution in [3.05, 3.63) is 70.8 Å². The largest absolute Gasteiger partial charge is 0.378 e. The van der Waals surface area contributed by atoms with Crippen LogP contribution >= 0.6 is 15.9 Å². The van der Waals surface area contributed by atoms with Crippen LogP contribution in [0.3, 0.4) is 0 Å². The van der Waals surface area contributed by atoms with Gasteiger partial charge in [0.1, 0.15) is 0 Å². The second-order valence-corrected chi connectivity index (χ2v) is 7.48. The van der Waals surface area contributed by atoms with Gasteiger partial charge < -0.3 is 20.3 Å². The van der Waals surface area contributed by atoms with Crippen molar-refractivity contribution in [2.45, 2.75) is 0 Å². The summed E-state index contributed by atoms with van der Waals surface area (Å²) in [6.07, 6.45) is 1.76. The summed E-state index contributed by atoms with van der Waals surface area (Å²) in [5.41, 5.74) is 3.20. The Balaban J connectivity index is 1.39. The van der Waals surface area contributed by atoms with Crippen molar-refractivity contribution in [3.63, 3.8) is 0 Å². The number of rotatable bonds is 5. The van der Waals surface area contributed by atoms with E-state index in [1.54, 1.807) is 18.3 Å². The smallest absolute Gasteiger partial charge is 0.255 e. The summed E-state index contributed by atoms with van der Waals surface area (Å²) in [7, 11) is 0. The number of halogens is 1. The van der Waals surface area contributed by atoms with Crippen molar-refractivity contribution in [3.8, 4) is 0 Å². The number of amides is 1. The van der Waals surface area contributed by atoms with Crippen molar-refractivity contribution in [1.29, 1.82) is 0 Å². The third-order valence-electron chi connectivity index (χ3n) is 4.54. The fraction of sp³-hybridized carbons (Fsp3) is 0.190. The van der Waals surface area contributed by atoms with Crippen LogP contribution in [0.25, 0.3) is 0 Å². The van der Waals surface area contributed by atoms with Crippen LogP contribution < -0.4 is 15.5 Å². The number of nitrogens with zero attached hydrogens (tertiary/aromatic N) is 3. The zero-order chi connectivity index (χ0) is 20.1. The Morgan fingerprint density at radius 2 is 1.69 bits per heavy atom. The molecule has 0 unspecified atom stereocenters. The second kappa shape index (κ2) is 9.02. The van der Waals surface area contributed by atoms with Gasteiger partial charge in [-0.2, -0.15) is 5.10 Å². The monoisotopic (exact) mass is 453 g/mol. The van der Waals surface area contributed by atoms with Crippen molar-refractivity contribution in [2.24, 2.45) is 0 Å². The fourth-order valence-corrected chi connectivity index (χ4v) is 3.27. The zero-order valence-electron chi connectivity index (χ0n) is 15.6. The molecule has 8 heteroatoms. The van der Waals surface area contributed by atoms with E-state index in [9.17, 15) is 4.79 Å². The molecular weight excluding hydrogens is 434 g/mol. The average Bonchev–Trinajstić information content (AvgIpc) is 2.76. The van der Waals surface area contributed by atoms with E-state index >= 15 is 0 Å². The molecule has 0 saturated carbocycles. The first-order valence-electron chi connectivity index (χ1n) is 9.27. The van der Waals surface area contributed by atoms with E-state index in [0.717, 1.165) is 47.8 Å². The van der Waals surface area contributed by atoms with E-state index < -0.39 is 0 Å². The first-order valence-corrected chi connectivity index (χ1v) is 10.1. The normalized spacial score (nSPS) is 13.8. The molecule has 0 radical (unpaired) electrons. The molecule has 1 aromatic heterocycles. The summed E-state index contributed by atoms with van der Waals surface area (Å²) >= 11 is 3.37. The van der Waals surface area contributed by atoms with Gasteiger partial charge in [-0.25, -0.2) is 0 Å². The van der Waals surface area contributed by atoms with E-state index in [4.69, 9.17) is 4.74 Å². The van der Waals surface area contributed by atoms with E-state index in [-0.39, 0.29) is 5.91 Å². The molecule has 0 aliphatic carbocycles. The Bertz CT molecular complexity index is 973. The van der Waals surface area contributed by atoms with Gasteiger partial charge in [-0.15, -0.1) is 5.10 Å². The lowest BCUT2D eigenvalue weighted by atomic mass is 10.2. The fourth-order valence-electron chi connectivity index (χ4n) is 3.00. The quantitative estimate of drug-likeness (QED) is 0.605. The Labute approximate surface area is 177 Å². The van der Waals surface area contributed by atoms with Crippen LogP contribution in [0.1, 0.15) is 10.4 Å². The minimum atomic E-state index is -0.151. The molecule has 0 bridgehead atoms. The standard InChI is InChI=1S/C21H20BrN5O2/c22-16-3-1-15(2-4-16)21(28)25-18-7-5-17(6-8-18)24-20-13-19(14-23-26-20)27-9-11-29-12-10-27/h1-8,13-14H,9-12H2,(H,24,26)(H,25,28). The Morgan fingerprint density at radius 1 is 1.00 bits per heavy atom. The highest BCUT2D eigenvalue weighted by molar-refractivity contribution is 9.10. The molecule has 2 heterocycles. The highest BCUT2D eigenvalue weighted by atomic mass is 79.9. The van der Waals surface area contributed by atoms with Crippen molar-refractivity contribution < 1.29 is 9.53 Å². The number of hydrogen-bond donors (Lipinski definition) is 2. The molecule has 7 nitrogen and oxygen atoms in total. The summed E-state index contributed by atoms with van der Waals surface area (Å²) in [6, 6.07) is 16.7. The van der Waals surface area contributed by atoms with Crippen LogP contribution in [0.15, 0.2) is 65.3 Å². The lowest BCUT2D eigenvalue weighted by Gasteiger charge is -2.28. The van der Waals surface area contributed by atoms with Gasteiger partial charge in [0.25, 0.3) is 5.91 Å². The molecule has 2 N–H and O–H groups in total. The van der Waals surface area contributed by atoms with E-state index in [0.29, 0.717) is 11.4 Å². The number of carbonyl (C=O) groups excluding carboxylic acids is 1. The first-order chi connectivity index (χ1) is 14.2. The molecule has 4 rings (SSSR count). The first kappa shape index (κ1) is 19.4. The molecule has 0 spiro atoms.